The minimum absolute atomic E-state index is 0.299. The Balaban J connectivity index is 3.07. The molecule has 0 radical (unpaired) electrons. The van der Waals surface area contributed by atoms with Gasteiger partial charge < -0.3 is 5.32 Å². The minimum Gasteiger partial charge on any atom is -0.320 e. The number of anilines is 1. The number of carbonyl (C=O) groups is 1. The molecule has 0 unspecified atom stereocenters. The molecular weight excluding hydrogens is 345 g/mol. The fourth-order valence-corrected chi connectivity index (χ4v) is 3.09. The van der Waals surface area contributed by atoms with Crippen LogP contribution in [0.1, 0.15) is 13.8 Å². The van der Waals surface area contributed by atoms with Gasteiger partial charge in [-0.2, -0.15) is 0 Å². The number of sulfone groups is 1. The number of halogens is 3. The van der Waals surface area contributed by atoms with Crippen LogP contribution in [0.3, 0.4) is 0 Å². The first-order valence-corrected chi connectivity index (χ1v) is 8.21. The first kappa shape index (κ1) is 17.3. The average Bonchev–Trinajstić information content (AvgIpc) is 2.39. The maximum atomic E-state index is 11.9. The second-order valence-corrected chi connectivity index (χ2v) is 7.94. The van der Waals surface area contributed by atoms with Gasteiger partial charge in [-0.1, -0.05) is 46.9 Å². The summed E-state index contributed by atoms with van der Waals surface area (Å²) >= 11 is 17.3. The van der Waals surface area contributed by atoms with E-state index in [1.165, 1.54) is 13.8 Å². The number of rotatable bonds is 4. The summed E-state index contributed by atoms with van der Waals surface area (Å²) in [6, 6.07) is 6.47. The summed E-state index contributed by atoms with van der Waals surface area (Å²) in [6.07, 6.45) is 0. The molecule has 1 aromatic rings. The van der Waals surface area contributed by atoms with Gasteiger partial charge in [-0.15, -0.1) is 0 Å². The van der Waals surface area contributed by atoms with Gasteiger partial charge in [0.25, 0.3) is 5.91 Å². The lowest BCUT2D eigenvalue weighted by Crippen LogP contribution is -2.19. The van der Waals surface area contributed by atoms with E-state index in [1.54, 1.807) is 24.3 Å². The van der Waals surface area contributed by atoms with Crippen molar-refractivity contribution in [1.82, 2.24) is 0 Å². The highest BCUT2D eigenvalue weighted by molar-refractivity contribution is 7.97. The summed E-state index contributed by atoms with van der Waals surface area (Å²) < 4.78 is 22.9. The van der Waals surface area contributed by atoms with Crippen LogP contribution in [0.25, 0.3) is 0 Å². The molecule has 0 aliphatic carbocycles. The number of amides is 1. The van der Waals surface area contributed by atoms with E-state index in [4.69, 9.17) is 34.8 Å². The van der Waals surface area contributed by atoms with E-state index in [0.717, 1.165) is 0 Å². The highest BCUT2D eigenvalue weighted by Gasteiger charge is 2.26. The topological polar surface area (TPSA) is 63.2 Å². The van der Waals surface area contributed by atoms with Gasteiger partial charge in [0.05, 0.1) is 16.0 Å². The number of hydrogen-bond acceptors (Lipinski definition) is 3. The van der Waals surface area contributed by atoms with E-state index in [2.05, 4.69) is 5.32 Å². The van der Waals surface area contributed by atoms with Crippen molar-refractivity contribution >= 4 is 56.2 Å². The molecule has 0 aliphatic heterocycles. The van der Waals surface area contributed by atoms with Crippen LogP contribution in [0, 0.1) is 0 Å². The molecule has 4 nitrogen and oxygen atoms in total. The Kier molecular flexibility index (Phi) is 5.89. The summed E-state index contributed by atoms with van der Waals surface area (Å²) in [5.74, 6) is -0.839. The molecule has 0 atom stereocenters. The molecule has 0 bridgehead atoms. The van der Waals surface area contributed by atoms with Crippen LogP contribution in [0.4, 0.5) is 5.69 Å². The molecular formula is C12H12Cl3NO3S. The zero-order valence-corrected chi connectivity index (χ0v) is 13.7. The molecule has 0 spiro atoms. The van der Waals surface area contributed by atoms with Crippen molar-refractivity contribution in [3.63, 3.8) is 0 Å². The van der Waals surface area contributed by atoms with Gasteiger partial charge in [-0.25, -0.2) is 8.42 Å². The molecule has 0 heterocycles. The fourth-order valence-electron chi connectivity index (χ4n) is 1.16. The van der Waals surface area contributed by atoms with Crippen molar-refractivity contribution in [2.24, 2.45) is 0 Å². The Morgan fingerprint density at radius 2 is 1.75 bits per heavy atom. The first-order chi connectivity index (χ1) is 9.17. The van der Waals surface area contributed by atoms with Crippen LogP contribution < -0.4 is 5.32 Å². The molecule has 1 amide bonds. The normalized spacial score (nSPS) is 13.1. The van der Waals surface area contributed by atoms with Crippen LogP contribution in [-0.2, 0) is 14.6 Å². The third-order valence-corrected chi connectivity index (χ3v) is 6.04. The summed E-state index contributed by atoms with van der Waals surface area (Å²) in [7, 11) is -3.80. The van der Waals surface area contributed by atoms with E-state index in [9.17, 15) is 13.2 Å². The van der Waals surface area contributed by atoms with Crippen LogP contribution in [0.15, 0.2) is 33.7 Å². The minimum atomic E-state index is -3.80. The first-order valence-electron chi connectivity index (χ1n) is 5.53. The van der Waals surface area contributed by atoms with Crippen molar-refractivity contribution in [3.05, 3.63) is 38.7 Å². The molecule has 1 N–H and O–H groups in total. The zero-order chi connectivity index (χ0) is 15.5. The SMILES string of the molecule is CC(C)S(=O)(=O)/C(Cl)=C(/Cl)C(=O)Nc1ccccc1Cl. The Bertz CT molecular complexity index is 654. The molecule has 0 aromatic heterocycles. The van der Waals surface area contributed by atoms with Crippen molar-refractivity contribution in [2.75, 3.05) is 5.32 Å². The summed E-state index contributed by atoms with van der Waals surface area (Å²) in [4.78, 5) is 11.9. The third kappa shape index (κ3) is 3.88. The molecule has 0 saturated heterocycles. The van der Waals surface area contributed by atoms with E-state index in [1.807, 2.05) is 0 Å². The summed E-state index contributed by atoms with van der Waals surface area (Å²) in [6.45, 7) is 2.88. The van der Waals surface area contributed by atoms with E-state index >= 15 is 0 Å². The van der Waals surface area contributed by atoms with Crippen LogP contribution >= 0.6 is 34.8 Å². The van der Waals surface area contributed by atoms with Crippen LogP contribution in [-0.4, -0.2) is 19.6 Å². The Hall–Kier alpha value is -0.750. The molecule has 1 rings (SSSR count). The maximum absolute atomic E-state index is 11.9. The number of carbonyl (C=O) groups excluding carboxylic acids is 1. The standard InChI is InChI=1S/C12H12Cl3NO3S/c1-7(2)20(18,19)11(15)10(14)12(17)16-9-6-4-3-5-8(9)13/h3-7H,1-2H3,(H,16,17)/b11-10+. The third-order valence-electron chi connectivity index (χ3n) is 2.36. The molecule has 0 aliphatic rings. The highest BCUT2D eigenvalue weighted by atomic mass is 35.5. The Labute approximate surface area is 132 Å². The largest absolute Gasteiger partial charge is 0.320 e. The van der Waals surface area contributed by atoms with Gasteiger partial charge in [0.15, 0.2) is 14.2 Å². The van der Waals surface area contributed by atoms with Crippen LogP contribution in [0.5, 0.6) is 0 Å². The number of hydrogen-bond donors (Lipinski definition) is 1. The van der Waals surface area contributed by atoms with Crippen molar-refractivity contribution in [2.45, 2.75) is 19.1 Å². The zero-order valence-electron chi connectivity index (χ0n) is 10.7. The Morgan fingerprint density at radius 3 is 2.25 bits per heavy atom. The van der Waals surface area contributed by atoms with Crippen molar-refractivity contribution in [1.29, 1.82) is 0 Å². The predicted molar refractivity (Wildman–Crippen MR) is 82.9 cm³/mol. The van der Waals surface area contributed by atoms with Crippen molar-refractivity contribution in [3.8, 4) is 0 Å². The van der Waals surface area contributed by atoms with Gasteiger partial charge in [0.1, 0.15) is 5.03 Å². The van der Waals surface area contributed by atoms with E-state index in [-0.39, 0.29) is 0 Å². The lowest BCUT2D eigenvalue weighted by molar-refractivity contribution is -0.112. The lowest BCUT2D eigenvalue weighted by Gasteiger charge is -2.10. The highest BCUT2D eigenvalue weighted by Crippen LogP contribution is 2.26. The average molecular weight is 357 g/mol. The second kappa shape index (κ2) is 6.80. The molecule has 0 fully saturated rings. The monoisotopic (exact) mass is 355 g/mol. The maximum Gasteiger partial charge on any atom is 0.269 e. The van der Waals surface area contributed by atoms with Crippen molar-refractivity contribution < 1.29 is 13.2 Å². The quantitative estimate of drug-likeness (QED) is 0.836. The molecule has 8 heteroatoms. The predicted octanol–water partition coefficient (Wildman–Crippen LogP) is 3.75. The molecule has 110 valence electrons. The number of para-hydroxylation sites is 1. The van der Waals surface area contributed by atoms with Gasteiger partial charge in [0, 0.05) is 0 Å². The molecule has 1 aromatic carbocycles. The van der Waals surface area contributed by atoms with Crippen LogP contribution in [0.2, 0.25) is 5.02 Å². The Morgan fingerprint density at radius 1 is 1.20 bits per heavy atom. The molecule has 0 saturated carbocycles. The number of nitrogens with one attached hydrogen (secondary N) is 1. The van der Waals surface area contributed by atoms with Gasteiger partial charge in [-0.3, -0.25) is 4.79 Å². The molecule has 20 heavy (non-hydrogen) atoms. The lowest BCUT2D eigenvalue weighted by atomic mass is 10.3. The smallest absolute Gasteiger partial charge is 0.269 e. The van der Waals surface area contributed by atoms with Gasteiger partial charge >= 0.3 is 0 Å². The van der Waals surface area contributed by atoms with E-state index < -0.39 is 30.4 Å². The summed E-state index contributed by atoms with van der Waals surface area (Å²) in [5.41, 5.74) is 0.309. The fraction of sp³-hybridized carbons (Fsp3) is 0.250. The summed E-state index contributed by atoms with van der Waals surface area (Å²) in [5, 5.41) is 1.31. The van der Waals surface area contributed by atoms with Gasteiger partial charge in [-0.05, 0) is 26.0 Å². The van der Waals surface area contributed by atoms with Gasteiger partial charge in [0.2, 0.25) is 0 Å². The van der Waals surface area contributed by atoms with E-state index in [0.29, 0.717) is 10.7 Å². The number of benzene rings is 1. The second-order valence-electron chi connectivity index (χ2n) is 4.12.